The molecule has 1 fully saturated rings. The van der Waals surface area contributed by atoms with E-state index in [9.17, 15) is 4.79 Å². The van der Waals surface area contributed by atoms with Crippen molar-refractivity contribution in [3.05, 3.63) is 35.9 Å². The highest BCUT2D eigenvalue weighted by molar-refractivity contribution is 6.35. The van der Waals surface area contributed by atoms with Crippen molar-refractivity contribution in [3.8, 4) is 0 Å². The first-order valence-corrected chi connectivity index (χ1v) is 5.62. The SMILES string of the molecule is CCOC(=O)C1(Cl)OC1Cc1ccccc1. The minimum Gasteiger partial charge on any atom is -0.463 e. The van der Waals surface area contributed by atoms with Gasteiger partial charge in [0.1, 0.15) is 6.10 Å². The predicted molar refractivity (Wildman–Crippen MR) is 60.2 cm³/mol. The smallest absolute Gasteiger partial charge is 0.357 e. The number of carbonyl (C=O) groups excluding carboxylic acids is 1. The molecule has 0 spiro atoms. The molecule has 0 aromatic heterocycles. The summed E-state index contributed by atoms with van der Waals surface area (Å²) in [5.41, 5.74) is 1.10. The fourth-order valence-electron chi connectivity index (χ4n) is 1.58. The Morgan fingerprint density at radius 3 is 2.81 bits per heavy atom. The van der Waals surface area contributed by atoms with Gasteiger partial charge in [-0.15, -0.1) is 0 Å². The summed E-state index contributed by atoms with van der Waals surface area (Å²) >= 11 is 5.99. The zero-order valence-electron chi connectivity index (χ0n) is 8.98. The second kappa shape index (κ2) is 4.44. The molecule has 86 valence electrons. The highest BCUT2D eigenvalue weighted by Crippen LogP contribution is 2.43. The molecule has 1 heterocycles. The summed E-state index contributed by atoms with van der Waals surface area (Å²) in [4.78, 5) is 11.4. The second-order valence-electron chi connectivity index (χ2n) is 3.66. The Morgan fingerprint density at radius 1 is 1.50 bits per heavy atom. The summed E-state index contributed by atoms with van der Waals surface area (Å²) < 4.78 is 10.1. The number of ether oxygens (including phenoxy) is 2. The van der Waals surface area contributed by atoms with Crippen LogP contribution < -0.4 is 0 Å². The number of halogens is 1. The fraction of sp³-hybridized carbons (Fsp3) is 0.417. The number of rotatable bonds is 4. The standard InChI is InChI=1S/C12H13ClO3/c1-2-15-11(14)12(13)10(16-12)8-9-6-4-3-5-7-9/h3-7,10H,2,8H2,1H3. The molecule has 2 unspecified atom stereocenters. The molecule has 16 heavy (non-hydrogen) atoms. The summed E-state index contributed by atoms with van der Waals surface area (Å²) in [7, 11) is 0. The third-order valence-corrected chi connectivity index (χ3v) is 2.98. The molecule has 2 atom stereocenters. The van der Waals surface area contributed by atoms with E-state index in [0.29, 0.717) is 13.0 Å². The molecule has 1 aromatic carbocycles. The van der Waals surface area contributed by atoms with Gasteiger partial charge >= 0.3 is 5.97 Å². The van der Waals surface area contributed by atoms with E-state index in [0.717, 1.165) is 5.56 Å². The van der Waals surface area contributed by atoms with Crippen LogP contribution in [0.4, 0.5) is 0 Å². The maximum absolute atomic E-state index is 11.4. The highest BCUT2D eigenvalue weighted by Gasteiger charge is 2.62. The van der Waals surface area contributed by atoms with Crippen LogP contribution in [0.15, 0.2) is 30.3 Å². The summed E-state index contributed by atoms with van der Waals surface area (Å²) in [6, 6.07) is 9.78. The predicted octanol–water partition coefficient (Wildman–Crippen LogP) is 2.13. The van der Waals surface area contributed by atoms with Gasteiger partial charge in [0.05, 0.1) is 6.61 Å². The summed E-state index contributed by atoms with van der Waals surface area (Å²) in [5, 5.41) is -1.26. The van der Waals surface area contributed by atoms with Gasteiger partial charge in [0.25, 0.3) is 5.06 Å². The van der Waals surface area contributed by atoms with E-state index >= 15 is 0 Å². The summed E-state index contributed by atoms with van der Waals surface area (Å²) in [6.07, 6.45) is 0.346. The van der Waals surface area contributed by atoms with Crippen LogP contribution in [-0.4, -0.2) is 23.7 Å². The fourth-order valence-corrected chi connectivity index (χ4v) is 1.82. The van der Waals surface area contributed by atoms with Gasteiger partial charge in [-0.2, -0.15) is 0 Å². The Morgan fingerprint density at radius 2 is 2.19 bits per heavy atom. The maximum Gasteiger partial charge on any atom is 0.357 e. The number of benzene rings is 1. The molecule has 1 saturated heterocycles. The first-order chi connectivity index (χ1) is 7.66. The van der Waals surface area contributed by atoms with Crippen molar-refractivity contribution in [2.45, 2.75) is 24.5 Å². The van der Waals surface area contributed by atoms with Crippen molar-refractivity contribution in [1.82, 2.24) is 0 Å². The Kier molecular flexibility index (Phi) is 3.17. The summed E-state index contributed by atoms with van der Waals surface area (Å²) in [5.74, 6) is -0.488. The van der Waals surface area contributed by atoms with Crippen LogP contribution in [-0.2, 0) is 20.7 Å². The van der Waals surface area contributed by atoms with E-state index in [4.69, 9.17) is 21.1 Å². The summed E-state index contributed by atoms with van der Waals surface area (Å²) in [6.45, 7) is 2.06. The second-order valence-corrected chi connectivity index (χ2v) is 4.22. The van der Waals surface area contributed by atoms with Crippen LogP contribution in [0, 0.1) is 0 Å². The van der Waals surface area contributed by atoms with E-state index in [1.54, 1.807) is 6.92 Å². The average Bonchev–Trinajstić information content (AvgIpc) is 2.93. The maximum atomic E-state index is 11.4. The molecule has 0 aliphatic carbocycles. The van der Waals surface area contributed by atoms with Gasteiger partial charge in [0, 0.05) is 6.42 Å². The first kappa shape index (κ1) is 11.4. The van der Waals surface area contributed by atoms with Crippen molar-refractivity contribution >= 4 is 17.6 Å². The van der Waals surface area contributed by atoms with Crippen LogP contribution in [0.1, 0.15) is 12.5 Å². The molecule has 0 radical (unpaired) electrons. The van der Waals surface area contributed by atoms with E-state index in [1.807, 2.05) is 30.3 Å². The molecule has 1 aliphatic heterocycles. The Hall–Kier alpha value is -1.06. The monoisotopic (exact) mass is 240 g/mol. The Balaban J connectivity index is 1.94. The third kappa shape index (κ3) is 2.20. The zero-order chi connectivity index (χ0) is 11.6. The van der Waals surface area contributed by atoms with Gasteiger partial charge in [-0.05, 0) is 12.5 Å². The topological polar surface area (TPSA) is 38.8 Å². The zero-order valence-corrected chi connectivity index (χ0v) is 9.74. The van der Waals surface area contributed by atoms with Crippen LogP contribution >= 0.6 is 11.6 Å². The molecule has 1 aromatic rings. The van der Waals surface area contributed by atoms with Gasteiger partial charge in [-0.1, -0.05) is 41.9 Å². The number of hydrogen-bond acceptors (Lipinski definition) is 3. The third-order valence-electron chi connectivity index (χ3n) is 2.49. The number of epoxide rings is 1. The number of hydrogen-bond donors (Lipinski definition) is 0. The minimum atomic E-state index is -1.26. The van der Waals surface area contributed by atoms with E-state index in [1.165, 1.54) is 0 Å². The highest BCUT2D eigenvalue weighted by atomic mass is 35.5. The van der Waals surface area contributed by atoms with Crippen molar-refractivity contribution < 1.29 is 14.3 Å². The lowest BCUT2D eigenvalue weighted by molar-refractivity contribution is -0.146. The van der Waals surface area contributed by atoms with Crippen molar-refractivity contribution in [2.24, 2.45) is 0 Å². The Bertz CT molecular complexity index is 379. The van der Waals surface area contributed by atoms with Crippen LogP contribution in [0.3, 0.4) is 0 Å². The van der Waals surface area contributed by atoms with Gasteiger partial charge in [-0.3, -0.25) is 0 Å². The van der Waals surface area contributed by atoms with Gasteiger partial charge in [0.2, 0.25) is 0 Å². The van der Waals surface area contributed by atoms with Gasteiger partial charge in [-0.25, -0.2) is 4.79 Å². The lowest BCUT2D eigenvalue weighted by Crippen LogP contribution is -2.24. The van der Waals surface area contributed by atoms with Crippen LogP contribution in [0.5, 0.6) is 0 Å². The number of alkyl halides is 1. The van der Waals surface area contributed by atoms with E-state index < -0.39 is 11.0 Å². The van der Waals surface area contributed by atoms with Crippen LogP contribution in [0.25, 0.3) is 0 Å². The molecule has 0 N–H and O–H groups in total. The molecular formula is C12H13ClO3. The quantitative estimate of drug-likeness (QED) is 0.460. The molecule has 0 bridgehead atoms. The number of carbonyl (C=O) groups is 1. The van der Waals surface area contributed by atoms with E-state index in [2.05, 4.69) is 0 Å². The van der Waals surface area contributed by atoms with Crippen molar-refractivity contribution in [1.29, 1.82) is 0 Å². The van der Waals surface area contributed by atoms with E-state index in [-0.39, 0.29) is 6.10 Å². The lowest BCUT2D eigenvalue weighted by atomic mass is 10.1. The van der Waals surface area contributed by atoms with Gasteiger partial charge in [0.15, 0.2) is 0 Å². The van der Waals surface area contributed by atoms with Crippen LogP contribution in [0.2, 0.25) is 0 Å². The molecule has 1 aliphatic rings. The minimum absolute atomic E-state index is 0.282. The van der Waals surface area contributed by atoms with Gasteiger partial charge < -0.3 is 9.47 Å². The molecule has 4 heteroatoms. The Labute approximate surface area is 99.3 Å². The van der Waals surface area contributed by atoms with Crippen molar-refractivity contribution in [2.75, 3.05) is 6.61 Å². The molecule has 3 nitrogen and oxygen atoms in total. The lowest BCUT2D eigenvalue weighted by Gasteiger charge is -2.03. The largest absolute Gasteiger partial charge is 0.463 e. The molecule has 0 amide bonds. The average molecular weight is 241 g/mol. The molecule has 0 saturated carbocycles. The molecule has 2 rings (SSSR count). The molecular weight excluding hydrogens is 228 g/mol. The van der Waals surface area contributed by atoms with Crippen molar-refractivity contribution in [3.63, 3.8) is 0 Å². The normalized spacial score (nSPS) is 27.5. The number of esters is 1. The first-order valence-electron chi connectivity index (χ1n) is 5.24.